The normalized spacial score (nSPS) is 10.5. The second-order valence-electron chi connectivity index (χ2n) is 4.52. The van der Waals surface area contributed by atoms with E-state index in [4.69, 9.17) is 9.47 Å². The zero-order valence-electron chi connectivity index (χ0n) is 12.6. The van der Waals surface area contributed by atoms with Crippen molar-refractivity contribution in [1.29, 1.82) is 0 Å². The number of aromatic hydroxyl groups is 2. The molecular weight excluding hydrogens is 300 g/mol. The fourth-order valence-corrected chi connectivity index (χ4v) is 1.96. The molecule has 120 valence electrons. The van der Waals surface area contributed by atoms with Crippen LogP contribution in [0, 0.1) is 0 Å². The molecule has 0 saturated heterocycles. The smallest absolute Gasteiger partial charge is 0.271 e. The second-order valence-corrected chi connectivity index (χ2v) is 4.52. The highest BCUT2D eigenvalue weighted by Gasteiger charge is 2.09. The molecule has 0 saturated carbocycles. The molecular formula is C16H16N2O5. The van der Waals surface area contributed by atoms with Gasteiger partial charge in [-0.15, -0.1) is 0 Å². The van der Waals surface area contributed by atoms with Gasteiger partial charge in [-0.3, -0.25) is 4.79 Å². The van der Waals surface area contributed by atoms with Gasteiger partial charge in [0.25, 0.3) is 5.91 Å². The predicted molar refractivity (Wildman–Crippen MR) is 84.4 cm³/mol. The van der Waals surface area contributed by atoms with E-state index < -0.39 is 5.91 Å². The molecule has 2 aromatic carbocycles. The second kappa shape index (κ2) is 7.17. The zero-order valence-corrected chi connectivity index (χ0v) is 12.6. The fraction of sp³-hybridized carbons (Fsp3) is 0.125. The van der Waals surface area contributed by atoms with E-state index in [9.17, 15) is 15.0 Å². The van der Waals surface area contributed by atoms with Crippen LogP contribution < -0.4 is 14.9 Å². The standard InChI is InChI=1S/C16H16N2O5/c1-22-14-5-3-4-10(15(14)23-2)9-17-18-16(21)11-6-12(19)8-13(20)7-11/h3-9,19-20H,1-2H3,(H,18,21). The van der Waals surface area contributed by atoms with Crippen LogP contribution in [0.15, 0.2) is 41.5 Å². The van der Waals surface area contributed by atoms with Gasteiger partial charge in [-0.25, -0.2) is 5.43 Å². The molecule has 0 unspecified atom stereocenters. The van der Waals surface area contributed by atoms with Gasteiger partial charge < -0.3 is 19.7 Å². The van der Waals surface area contributed by atoms with Crippen LogP contribution in [-0.2, 0) is 0 Å². The Morgan fingerprint density at radius 1 is 1.13 bits per heavy atom. The van der Waals surface area contributed by atoms with Crippen LogP contribution in [0.1, 0.15) is 15.9 Å². The van der Waals surface area contributed by atoms with Gasteiger partial charge >= 0.3 is 0 Å². The van der Waals surface area contributed by atoms with E-state index in [-0.39, 0.29) is 17.1 Å². The van der Waals surface area contributed by atoms with Gasteiger partial charge in [0.15, 0.2) is 11.5 Å². The lowest BCUT2D eigenvalue weighted by atomic mass is 10.2. The summed E-state index contributed by atoms with van der Waals surface area (Å²) < 4.78 is 10.4. The number of para-hydroxylation sites is 1. The molecule has 0 fully saturated rings. The number of phenolic OH excluding ortho intramolecular Hbond substituents is 2. The Balaban J connectivity index is 2.14. The number of carbonyl (C=O) groups excluding carboxylic acids is 1. The molecule has 0 aliphatic rings. The Kier molecular flexibility index (Phi) is 5.03. The number of ether oxygens (including phenoxy) is 2. The molecule has 0 heterocycles. The number of phenols is 2. The summed E-state index contributed by atoms with van der Waals surface area (Å²) in [6.45, 7) is 0. The summed E-state index contributed by atoms with van der Waals surface area (Å²) in [5.41, 5.74) is 3.00. The lowest BCUT2D eigenvalue weighted by Gasteiger charge is -2.09. The molecule has 1 amide bonds. The van der Waals surface area contributed by atoms with Crippen molar-refractivity contribution in [2.45, 2.75) is 0 Å². The highest BCUT2D eigenvalue weighted by molar-refractivity contribution is 5.96. The first-order valence-electron chi connectivity index (χ1n) is 6.62. The number of hydrazone groups is 1. The minimum absolute atomic E-state index is 0.0808. The first kappa shape index (κ1) is 16.2. The van der Waals surface area contributed by atoms with E-state index in [1.54, 1.807) is 18.2 Å². The van der Waals surface area contributed by atoms with Gasteiger partial charge in [0.05, 0.1) is 20.4 Å². The summed E-state index contributed by atoms with van der Waals surface area (Å²) in [6.07, 6.45) is 1.40. The summed E-state index contributed by atoms with van der Waals surface area (Å²) in [5.74, 6) is 0.0279. The lowest BCUT2D eigenvalue weighted by molar-refractivity contribution is 0.0954. The van der Waals surface area contributed by atoms with E-state index >= 15 is 0 Å². The summed E-state index contributed by atoms with van der Waals surface area (Å²) in [5, 5.41) is 22.6. The minimum atomic E-state index is -0.575. The molecule has 0 aliphatic heterocycles. The quantitative estimate of drug-likeness (QED) is 0.577. The number of hydrogen-bond donors (Lipinski definition) is 3. The van der Waals surface area contributed by atoms with Gasteiger partial charge in [0.1, 0.15) is 11.5 Å². The van der Waals surface area contributed by atoms with Crippen LogP contribution in [0.3, 0.4) is 0 Å². The maximum absolute atomic E-state index is 11.9. The van der Waals surface area contributed by atoms with Crippen LogP contribution in [0.4, 0.5) is 0 Å². The molecule has 0 spiro atoms. The molecule has 0 radical (unpaired) electrons. The van der Waals surface area contributed by atoms with Gasteiger partial charge in [0, 0.05) is 17.2 Å². The summed E-state index contributed by atoms with van der Waals surface area (Å²) >= 11 is 0. The van der Waals surface area contributed by atoms with Gasteiger partial charge in [0.2, 0.25) is 0 Å². The first-order valence-corrected chi connectivity index (χ1v) is 6.62. The van der Waals surface area contributed by atoms with Crippen LogP contribution >= 0.6 is 0 Å². The van der Waals surface area contributed by atoms with Crippen molar-refractivity contribution in [1.82, 2.24) is 5.43 Å². The molecule has 3 N–H and O–H groups in total. The Bertz CT molecular complexity index is 723. The number of amides is 1. The zero-order chi connectivity index (χ0) is 16.8. The Morgan fingerprint density at radius 2 is 1.83 bits per heavy atom. The largest absolute Gasteiger partial charge is 0.508 e. The van der Waals surface area contributed by atoms with Crippen molar-refractivity contribution in [2.75, 3.05) is 14.2 Å². The summed E-state index contributed by atoms with van der Waals surface area (Å²) in [6, 6.07) is 8.81. The molecule has 2 aromatic rings. The van der Waals surface area contributed by atoms with E-state index in [0.717, 1.165) is 6.07 Å². The van der Waals surface area contributed by atoms with E-state index in [1.165, 1.54) is 32.6 Å². The number of hydrogen-bond acceptors (Lipinski definition) is 6. The third-order valence-electron chi connectivity index (χ3n) is 2.97. The highest BCUT2D eigenvalue weighted by Crippen LogP contribution is 2.29. The maximum atomic E-state index is 11.9. The van der Waals surface area contributed by atoms with Gasteiger partial charge in [-0.2, -0.15) is 5.10 Å². The average molecular weight is 316 g/mol. The van der Waals surface area contributed by atoms with Crippen molar-refractivity contribution in [2.24, 2.45) is 5.10 Å². The van der Waals surface area contributed by atoms with Crippen molar-refractivity contribution in [3.63, 3.8) is 0 Å². The summed E-state index contributed by atoms with van der Waals surface area (Å²) in [7, 11) is 3.03. The molecule has 0 aromatic heterocycles. The van der Waals surface area contributed by atoms with Crippen LogP contribution in [-0.4, -0.2) is 36.6 Å². The molecule has 7 heteroatoms. The topological polar surface area (TPSA) is 100 Å². The molecule has 2 rings (SSSR count). The highest BCUT2D eigenvalue weighted by atomic mass is 16.5. The molecule has 7 nitrogen and oxygen atoms in total. The first-order chi connectivity index (χ1) is 11.0. The third kappa shape index (κ3) is 3.91. The number of rotatable bonds is 5. The number of benzene rings is 2. The third-order valence-corrected chi connectivity index (χ3v) is 2.97. The van der Waals surface area contributed by atoms with Crippen LogP contribution in [0.5, 0.6) is 23.0 Å². The van der Waals surface area contributed by atoms with Crippen LogP contribution in [0.25, 0.3) is 0 Å². The van der Waals surface area contributed by atoms with Crippen molar-refractivity contribution in [3.05, 3.63) is 47.5 Å². The van der Waals surface area contributed by atoms with Gasteiger partial charge in [-0.05, 0) is 24.3 Å². The number of methoxy groups -OCH3 is 2. The molecule has 0 atom stereocenters. The minimum Gasteiger partial charge on any atom is -0.508 e. The monoisotopic (exact) mass is 316 g/mol. The summed E-state index contributed by atoms with van der Waals surface area (Å²) in [4.78, 5) is 11.9. The Morgan fingerprint density at radius 3 is 2.43 bits per heavy atom. The maximum Gasteiger partial charge on any atom is 0.271 e. The SMILES string of the molecule is COc1cccc(C=NNC(=O)c2cc(O)cc(O)c2)c1OC. The Labute approximate surface area is 132 Å². The fourth-order valence-electron chi connectivity index (χ4n) is 1.96. The number of nitrogens with one attached hydrogen (secondary N) is 1. The van der Waals surface area contributed by atoms with E-state index in [0.29, 0.717) is 17.1 Å². The molecule has 23 heavy (non-hydrogen) atoms. The Hall–Kier alpha value is -3.22. The lowest BCUT2D eigenvalue weighted by Crippen LogP contribution is -2.17. The molecule has 0 bridgehead atoms. The predicted octanol–water partition coefficient (Wildman–Crippen LogP) is 1.88. The van der Waals surface area contributed by atoms with Crippen molar-refractivity contribution < 1.29 is 24.5 Å². The van der Waals surface area contributed by atoms with Crippen LogP contribution in [0.2, 0.25) is 0 Å². The van der Waals surface area contributed by atoms with E-state index in [1.807, 2.05) is 0 Å². The molecule has 0 aliphatic carbocycles. The van der Waals surface area contributed by atoms with Crippen molar-refractivity contribution in [3.8, 4) is 23.0 Å². The number of nitrogens with zero attached hydrogens (tertiary/aromatic N) is 1. The average Bonchev–Trinajstić information content (AvgIpc) is 2.53. The van der Waals surface area contributed by atoms with Crippen molar-refractivity contribution >= 4 is 12.1 Å². The van der Waals surface area contributed by atoms with E-state index in [2.05, 4.69) is 10.5 Å². The van der Waals surface area contributed by atoms with Gasteiger partial charge in [-0.1, -0.05) is 6.07 Å². The number of carbonyl (C=O) groups is 1.